The summed E-state index contributed by atoms with van der Waals surface area (Å²) in [6.07, 6.45) is 4.05. The molecule has 0 aromatic rings. The average molecular weight is 240 g/mol. The standard InChI is InChI=1S/C17H36/c1-9-11-17(12(3)4)16(8)15(7)14(6)13(5)10-2/h12-17H,9-11H2,1-8H3. The SMILES string of the molecule is CCCC(C(C)C)C(C)C(C)C(C)C(C)CC. The van der Waals surface area contributed by atoms with E-state index < -0.39 is 0 Å². The number of hydrogen-bond donors (Lipinski definition) is 0. The van der Waals surface area contributed by atoms with E-state index in [4.69, 9.17) is 0 Å². The first-order chi connectivity index (χ1) is 7.86. The fourth-order valence-corrected chi connectivity index (χ4v) is 3.30. The molecule has 0 aliphatic rings. The number of hydrogen-bond acceptors (Lipinski definition) is 0. The van der Waals surface area contributed by atoms with Crippen LogP contribution in [0.1, 0.15) is 74.7 Å². The van der Waals surface area contributed by atoms with Crippen molar-refractivity contribution in [2.75, 3.05) is 0 Å². The molecule has 17 heavy (non-hydrogen) atoms. The van der Waals surface area contributed by atoms with Crippen LogP contribution in [0, 0.1) is 35.5 Å². The lowest BCUT2D eigenvalue weighted by atomic mass is 9.69. The second-order valence-corrected chi connectivity index (χ2v) is 6.66. The molecule has 0 spiro atoms. The molecule has 0 aliphatic carbocycles. The van der Waals surface area contributed by atoms with Crippen molar-refractivity contribution in [3.63, 3.8) is 0 Å². The third-order valence-electron chi connectivity index (χ3n) is 5.35. The number of rotatable bonds is 8. The zero-order valence-corrected chi connectivity index (χ0v) is 13.6. The van der Waals surface area contributed by atoms with Gasteiger partial charge in [-0.25, -0.2) is 0 Å². The van der Waals surface area contributed by atoms with Crippen LogP contribution in [0.5, 0.6) is 0 Å². The normalized spacial score (nSPS) is 21.0. The van der Waals surface area contributed by atoms with Crippen molar-refractivity contribution in [3.05, 3.63) is 0 Å². The molecule has 0 aromatic carbocycles. The van der Waals surface area contributed by atoms with Gasteiger partial charge in [0.15, 0.2) is 0 Å². The minimum atomic E-state index is 0.830. The fraction of sp³-hybridized carbons (Fsp3) is 1.00. The van der Waals surface area contributed by atoms with Crippen molar-refractivity contribution >= 4 is 0 Å². The maximum atomic E-state index is 2.49. The summed E-state index contributed by atoms with van der Waals surface area (Å²) in [5.41, 5.74) is 0. The molecule has 0 N–H and O–H groups in total. The van der Waals surface area contributed by atoms with Gasteiger partial charge in [-0.3, -0.25) is 0 Å². The molecule has 0 bridgehead atoms. The van der Waals surface area contributed by atoms with E-state index in [0.717, 1.165) is 35.5 Å². The maximum Gasteiger partial charge on any atom is -0.0363 e. The van der Waals surface area contributed by atoms with E-state index in [1.807, 2.05) is 0 Å². The van der Waals surface area contributed by atoms with Gasteiger partial charge in [0.25, 0.3) is 0 Å². The highest BCUT2D eigenvalue weighted by molar-refractivity contribution is 4.78. The summed E-state index contributed by atoms with van der Waals surface area (Å²) in [4.78, 5) is 0. The molecule has 0 rings (SSSR count). The molecule has 0 saturated carbocycles. The monoisotopic (exact) mass is 240 g/mol. The molecule has 0 radical (unpaired) electrons. The van der Waals surface area contributed by atoms with Gasteiger partial charge in [-0.1, -0.05) is 74.7 Å². The zero-order chi connectivity index (χ0) is 13.6. The highest BCUT2D eigenvalue weighted by atomic mass is 14.3. The van der Waals surface area contributed by atoms with Gasteiger partial charge in [-0.15, -0.1) is 0 Å². The molecule has 0 aliphatic heterocycles. The Hall–Kier alpha value is 0. The van der Waals surface area contributed by atoms with E-state index in [0.29, 0.717) is 0 Å². The Balaban J connectivity index is 4.58. The molecule has 0 heteroatoms. The summed E-state index contributed by atoms with van der Waals surface area (Å²) in [5.74, 6) is 5.16. The van der Waals surface area contributed by atoms with Gasteiger partial charge in [-0.05, 0) is 35.5 Å². The van der Waals surface area contributed by atoms with E-state index in [1.54, 1.807) is 0 Å². The Kier molecular flexibility index (Phi) is 8.16. The smallest absolute Gasteiger partial charge is 0.0363 e. The average Bonchev–Trinajstić information content (AvgIpc) is 2.31. The Bertz CT molecular complexity index is 182. The Morgan fingerprint density at radius 3 is 1.59 bits per heavy atom. The molecule has 0 heterocycles. The predicted octanol–water partition coefficient (Wildman–Crippen LogP) is 6.01. The summed E-state index contributed by atoms with van der Waals surface area (Å²) in [7, 11) is 0. The first-order valence-electron chi connectivity index (χ1n) is 7.86. The van der Waals surface area contributed by atoms with Gasteiger partial charge in [0, 0.05) is 0 Å². The van der Waals surface area contributed by atoms with E-state index in [2.05, 4.69) is 55.4 Å². The second kappa shape index (κ2) is 8.16. The van der Waals surface area contributed by atoms with Gasteiger partial charge >= 0.3 is 0 Å². The van der Waals surface area contributed by atoms with Crippen LogP contribution in [0.2, 0.25) is 0 Å². The zero-order valence-electron chi connectivity index (χ0n) is 13.6. The van der Waals surface area contributed by atoms with Gasteiger partial charge in [0.2, 0.25) is 0 Å². The molecule has 5 unspecified atom stereocenters. The second-order valence-electron chi connectivity index (χ2n) is 6.66. The minimum absolute atomic E-state index is 0.830. The minimum Gasteiger partial charge on any atom is -0.0654 e. The highest BCUT2D eigenvalue weighted by Crippen LogP contribution is 2.37. The van der Waals surface area contributed by atoms with Crippen molar-refractivity contribution in [2.45, 2.75) is 74.7 Å². The van der Waals surface area contributed by atoms with Crippen molar-refractivity contribution in [2.24, 2.45) is 35.5 Å². The Morgan fingerprint density at radius 1 is 0.706 bits per heavy atom. The molecular formula is C17H36. The first-order valence-corrected chi connectivity index (χ1v) is 7.86. The molecule has 0 nitrogen and oxygen atoms in total. The van der Waals surface area contributed by atoms with Crippen LogP contribution in [0.15, 0.2) is 0 Å². The highest BCUT2D eigenvalue weighted by Gasteiger charge is 2.29. The van der Waals surface area contributed by atoms with Crippen molar-refractivity contribution in [1.82, 2.24) is 0 Å². The topological polar surface area (TPSA) is 0 Å². The first kappa shape index (κ1) is 17.0. The molecule has 0 aromatic heterocycles. The third kappa shape index (κ3) is 5.02. The summed E-state index contributed by atoms with van der Waals surface area (Å²) in [5, 5.41) is 0. The van der Waals surface area contributed by atoms with Crippen LogP contribution >= 0.6 is 0 Å². The van der Waals surface area contributed by atoms with Crippen LogP contribution < -0.4 is 0 Å². The van der Waals surface area contributed by atoms with Crippen molar-refractivity contribution in [1.29, 1.82) is 0 Å². The van der Waals surface area contributed by atoms with Crippen LogP contribution in [0.25, 0.3) is 0 Å². The third-order valence-corrected chi connectivity index (χ3v) is 5.35. The van der Waals surface area contributed by atoms with E-state index in [9.17, 15) is 0 Å². The quantitative estimate of drug-likeness (QED) is 0.487. The van der Waals surface area contributed by atoms with E-state index in [-0.39, 0.29) is 0 Å². The van der Waals surface area contributed by atoms with E-state index >= 15 is 0 Å². The molecule has 0 fully saturated rings. The van der Waals surface area contributed by atoms with Gasteiger partial charge in [0.1, 0.15) is 0 Å². The maximum absolute atomic E-state index is 2.49. The Morgan fingerprint density at radius 2 is 1.24 bits per heavy atom. The summed E-state index contributed by atoms with van der Waals surface area (Å²) in [6.45, 7) is 19.3. The van der Waals surface area contributed by atoms with Gasteiger partial charge < -0.3 is 0 Å². The molecule has 104 valence electrons. The Labute approximate surface area is 111 Å². The van der Waals surface area contributed by atoms with Crippen LogP contribution in [-0.2, 0) is 0 Å². The lowest BCUT2D eigenvalue weighted by molar-refractivity contribution is 0.126. The largest absolute Gasteiger partial charge is 0.0654 e. The molecule has 0 saturated heterocycles. The fourth-order valence-electron chi connectivity index (χ4n) is 3.30. The summed E-state index contributed by atoms with van der Waals surface area (Å²) in [6, 6.07) is 0. The molecule has 0 amide bonds. The lowest BCUT2D eigenvalue weighted by Gasteiger charge is -2.37. The van der Waals surface area contributed by atoms with Crippen molar-refractivity contribution < 1.29 is 0 Å². The van der Waals surface area contributed by atoms with Gasteiger partial charge in [0.05, 0.1) is 0 Å². The lowest BCUT2D eigenvalue weighted by Crippen LogP contribution is -2.29. The van der Waals surface area contributed by atoms with Gasteiger partial charge in [-0.2, -0.15) is 0 Å². The predicted molar refractivity (Wildman–Crippen MR) is 80.2 cm³/mol. The van der Waals surface area contributed by atoms with Crippen LogP contribution in [0.3, 0.4) is 0 Å². The molecular weight excluding hydrogens is 204 g/mol. The van der Waals surface area contributed by atoms with Crippen LogP contribution in [0.4, 0.5) is 0 Å². The van der Waals surface area contributed by atoms with Crippen molar-refractivity contribution in [3.8, 4) is 0 Å². The summed E-state index contributed by atoms with van der Waals surface area (Å²) >= 11 is 0. The summed E-state index contributed by atoms with van der Waals surface area (Å²) < 4.78 is 0. The van der Waals surface area contributed by atoms with Crippen LogP contribution in [-0.4, -0.2) is 0 Å². The molecule has 5 atom stereocenters. The van der Waals surface area contributed by atoms with E-state index in [1.165, 1.54) is 19.3 Å².